The summed E-state index contributed by atoms with van der Waals surface area (Å²) in [7, 11) is 2.98. The van der Waals surface area contributed by atoms with E-state index in [0.717, 1.165) is 0 Å². The van der Waals surface area contributed by atoms with Gasteiger partial charge in [0, 0.05) is 5.56 Å². The number of ether oxygens (including phenoxy) is 3. The van der Waals surface area contributed by atoms with Gasteiger partial charge in [0.1, 0.15) is 5.60 Å². The molecular weight excluding hydrogens is 272 g/mol. The number of rotatable bonds is 4. The fourth-order valence-corrected chi connectivity index (χ4v) is 1.71. The third kappa shape index (κ3) is 4.88. The molecule has 0 aliphatic carbocycles. The Morgan fingerprint density at radius 2 is 1.95 bits per heavy atom. The molecule has 1 aromatic rings. The van der Waals surface area contributed by atoms with E-state index in [4.69, 9.17) is 20.8 Å². The van der Waals surface area contributed by atoms with Gasteiger partial charge >= 0.3 is 6.09 Å². The standard InChI is InChI=1S/C15H20N2O4/c1-15(2,3)21-14(18)17-11-7-10(9-16-4)8-12(19-5)13(11)20-6/h7-8H,9H2,1-3,5-6H3,(H,17,18). The summed E-state index contributed by atoms with van der Waals surface area (Å²) in [4.78, 5) is 15.2. The molecule has 0 radical (unpaired) electrons. The first-order chi connectivity index (χ1) is 9.80. The summed E-state index contributed by atoms with van der Waals surface area (Å²) in [6.07, 6.45) is -0.595. The van der Waals surface area contributed by atoms with Crippen molar-refractivity contribution in [3.8, 4) is 11.5 Å². The number of nitrogens with zero attached hydrogens (tertiary/aromatic N) is 1. The number of nitrogens with one attached hydrogen (secondary N) is 1. The summed E-state index contributed by atoms with van der Waals surface area (Å²) in [5.74, 6) is 0.835. The molecule has 1 aromatic carbocycles. The predicted octanol–water partition coefficient (Wildman–Crippen LogP) is 3.47. The highest BCUT2D eigenvalue weighted by Gasteiger charge is 2.20. The van der Waals surface area contributed by atoms with Crippen molar-refractivity contribution in [3.63, 3.8) is 0 Å². The molecule has 1 N–H and O–H groups in total. The van der Waals surface area contributed by atoms with Gasteiger partial charge in [0.15, 0.2) is 11.5 Å². The van der Waals surface area contributed by atoms with Gasteiger partial charge in [0.25, 0.3) is 0 Å². The normalized spacial score (nSPS) is 10.5. The van der Waals surface area contributed by atoms with E-state index in [9.17, 15) is 4.79 Å². The largest absolute Gasteiger partial charge is 0.493 e. The molecule has 6 heteroatoms. The van der Waals surface area contributed by atoms with Gasteiger partial charge in [0.05, 0.1) is 19.9 Å². The third-order valence-electron chi connectivity index (χ3n) is 2.44. The van der Waals surface area contributed by atoms with Crippen molar-refractivity contribution < 1.29 is 19.0 Å². The molecule has 1 amide bonds. The van der Waals surface area contributed by atoms with Crippen LogP contribution in [0.5, 0.6) is 11.5 Å². The molecule has 0 fully saturated rings. The van der Waals surface area contributed by atoms with Crippen molar-refractivity contribution in [1.29, 1.82) is 0 Å². The van der Waals surface area contributed by atoms with E-state index in [0.29, 0.717) is 22.7 Å². The van der Waals surface area contributed by atoms with Crippen LogP contribution in [0.3, 0.4) is 0 Å². The van der Waals surface area contributed by atoms with E-state index in [1.165, 1.54) is 14.2 Å². The molecule has 0 aliphatic rings. The lowest BCUT2D eigenvalue weighted by atomic mass is 10.1. The minimum Gasteiger partial charge on any atom is -0.493 e. The molecule has 0 aliphatic heterocycles. The molecule has 0 bridgehead atoms. The van der Waals surface area contributed by atoms with E-state index >= 15 is 0 Å². The first-order valence-corrected chi connectivity index (χ1v) is 6.39. The van der Waals surface area contributed by atoms with Crippen molar-refractivity contribution in [2.24, 2.45) is 0 Å². The Balaban J connectivity index is 3.11. The Labute approximate surface area is 124 Å². The summed E-state index contributed by atoms with van der Waals surface area (Å²) < 4.78 is 15.7. The zero-order chi connectivity index (χ0) is 16.0. The van der Waals surface area contributed by atoms with Gasteiger partial charge in [-0.25, -0.2) is 11.4 Å². The van der Waals surface area contributed by atoms with Crippen molar-refractivity contribution in [1.82, 2.24) is 0 Å². The Morgan fingerprint density at radius 3 is 2.43 bits per heavy atom. The maximum absolute atomic E-state index is 11.9. The topological polar surface area (TPSA) is 61.2 Å². The first kappa shape index (κ1) is 16.6. The van der Waals surface area contributed by atoms with Crippen LogP contribution in [0.4, 0.5) is 10.5 Å². The zero-order valence-electron chi connectivity index (χ0n) is 12.9. The predicted molar refractivity (Wildman–Crippen MR) is 79.7 cm³/mol. The van der Waals surface area contributed by atoms with Gasteiger partial charge in [-0.15, -0.1) is 0 Å². The first-order valence-electron chi connectivity index (χ1n) is 6.39. The third-order valence-corrected chi connectivity index (χ3v) is 2.44. The molecule has 0 spiro atoms. The number of hydrogen-bond acceptors (Lipinski definition) is 4. The van der Waals surface area contributed by atoms with Crippen molar-refractivity contribution in [2.45, 2.75) is 32.9 Å². The molecule has 21 heavy (non-hydrogen) atoms. The Kier molecular flexibility index (Phi) is 5.42. The minimum atomic E-state index is -0.602. The number of carbonyl (C=O) groups is 1. The van der Waals surface area contributed by atoms with Crippen LogP contribution in [-0.2, 0) is 11.3 Å². The number of hydrogen-bond donors (Lipinski definition) is 1. The SMILES string of the molecule is [C-]#[N+]Cc1cc(NC(=O)OC(C)(C)C)c(OC)c(OC)c1. The van der Waals surface area contributed by atoms with E-state index < -0.39 is 11.7 Å². The van der Waals surface area contributed by atoms with Gasteiger partial charge in [-0.1, -0.05) is 0 Å². The molecule has 0 aromatic heterocycles. The van der Waals surface area contributed by atoms with Crippen molar-refractivity contribution >= 4 is 11.8 Å². The fraction of sp³-hybridized carbons (Fsp3) is 0.467. The molecule has 0 atom stereocenters. The van der Waals surface area contributed by atoms with Crippen LogP contribution >= 0.6 is 0 Å². The van der Waals surface area contributed by atoms with E-state index in [2.05, 4.69) is 10.2 Å². The quantitative estimate of drug-likeness (QED) is 0.863. The van der Waals surface area contributed by atoms with Crippen LogP contribution in [0.25, 0.3) is 4.85 Å². The lowest BCUT2D eigenvalue weighted by molar-refractivity contribution is 0.0635. The van der Waals surface area contributed by atoms with E-state index in [1.54, 1.807) is 32.9 Å². The summed E-state index contributed by atoms with van der Waals surface area (Å²) in [5, 5.41) is 2.62. The zero-order valence-corrected chi connectivity index (χ0v) is 12.9. The highest BCUT2D eigenvalue weighted by molar-refractivity contribution is 5.88. The number of anilines is 1. The second-order valence-electron chi connectivity index (χ2n) is 5.32. The molecule has 0 saturated carbocycles. The highest BCUT2D eigenvalue weighted by atomic mass is 16.6. The second kappa shape index (κ2) is 6.84. The van der Waals surface area contributed by atoms with Crippen LogP contribution in [0, 0.1) is 6.57 Å². The Bertz CT molecular complexity index is 556. The smallest absolute Gasteiger partial charge is 0.412 e. The van der Waals surface area contributed by atoms with Gasteiger partial charge < -0.3 is 19.1 Å². The van der Waals surface area contributed by atoms with Crippen LogP contribution in [-0.4, -0.2) is 25.9 Å². The average Bonchev–Trinajstić information content (AvgIpc) is 2.36. The molecule has 0 saturated heterocycles. The van der Waals surface area contributed by atoms with E-state index in [1.807, 2.05) is 0 Å². The molecular formula is C15H20N2O4. The lowest BCUT2D eigenvalue weighted by Gasteiger charge is -2.21. The number of benzene rings is 1. The summed E-state index contributed by atoms with van der Waals surface area (Å²) in [5.41, 5.74) is 0.522. The fourth-order valence-electron chi connectivity index (χ4n) is 1.71. The summed E-state index contributed by atoms with van der Waals surface area (Å²) >= 11 is 0. The highest BCUT2D eigenvalue weighted by Crippen LogP contribution is 2.37. The second-order valence-corrected chi connectivity index (χ2v) is 5.32. The minimum absolute atomic E-state index is 0.184. The Hall–Kier alpha value is -2.42. The molecule has 0 unspecified atom stereocenters. The summed E-state index contributed by atoms with van der Waals surface area (Å²) in [6, 6.07) is 3.38. The van der Waals surface area contributed by atoms with Crippen molar-refractivity contribution in [3.05, 3.63) is 29.1 Å². The van der Waals surface area contributed by atoms with Crippen LogP contribution in [0.1, 0.15) is 26.3 Å². The number of amides is 1. The maximum Gasteiger partial charge on any atom is 0.412 e. The van der Waals surface area contributed by atoms with Crippen LogP contribution in [0.15, 0.2) is 12.1 Å². The van der Waals surface area contributed by atoms with Crippen molar-refractivity contribution in [2.75, 3.05) is 19.5 Å². The Morgan fingerprint density at radius 1 is 1.29 bits per heavy atom. The number of carbonyl (C=O) groups excluding carboxylic acids is 1. The van der Waals surface area contributed by atoms with Gasteiger partial charge in [0.2, 0.25) is 6.54 Å². The molecule has 1 rings (SSSR count). The lowest BCUT2D eigenvalue weighted by Crippen LogP contribution is -2.27. The molecule has 0 heterocycles. The van der Waals surface area contributed by atoms with E-state index in [-0.39, 0.29) is 6.54 Å². The molecule has 6 nitrogen and oxygen atoms in total. The van der Waals surface area contributed by atoms with Gasteiger partial charge in [-0.2, -0.15) is 0 Å². The summed E-state index contributed by atoms with van der Waals surface area (Å²) in [6.45, 7) is 12.5. The molecule has 114 valence electrons. The monoisotopic (exact) mass is 292 g/mol. The van der Waals surface area contributed by atoms with Gasteiger partial charge in [-0.05, 0) is 32.9 Å². The number of methoxy groups -OCH3 is 2. The maximum atomic E-state index is 11.9. The van der Waals surface area contributed by atoms with Crippen LogP contribution < -0.4 is 14.8 Å². The van der Waals surface area contributed by atoms with Crippen LogP contribution in [0.2, 0.25) is 0 Å². The van der Waals surface area contributed by atoms with Gasteiger partial charge in [-0.3, -0.25) is 5.32 Å². The average molecular weight is 292 g/mol.